The monoisotopic (exact) mass is 454 g/mol. The maximum atomic E-state index is 12.7. The summed E-state index contributed by atoms with van der Waals surface area (Å²) < 4.78 is 23.4. The minimum absolute atomic E-state index is 0.0352. The average molecular weight is 454 g/mol. The van der Waals surface area contributed by atoms with Crippen LogP contribution in [0.4, 0.5) is 5.69 Å². The SMILES string of the molecule is C[C@]1(/C=N/NC(=O)CCCNc2ccc(O)c(O)c2)[C@H](C(=O)O)N2C(=O)C[C@H]2S1(=O)=O. The molecule has 2 amide bonds. The van der Waals surface area contributed by atoms with Gasteiger partial charge < -0.3 is 25.5 Å². The van der Waals surface area contributed by atoms with E-state index in [9.17, 15) is 38.1 Å². The second kappa shape index (κ2) is 8.06. The zero-order valence-electron chi connectivity index (χ0n) is 16.5. The number of anilines is 1. The molecular weight excluding hydrogens is 432 g/mol. The second-order valence-corrected chi connectivity index (χ2v) is 9.97. The number of rotatable bonds is 8. The summed E-state index contributed by atoms with van der Waals surface area (Å²) in [7, 11) is -4.04. The number of aromatic hydroxyl groups is 2. The minimum Gasteiger partial charge on any atom is -0.504 e. The molecule has 12 nitrogen and oxygen atoms in total. The molecule has 0 aromatic heterocycles. The predicted molar refractivity (Wildman–Crippen MR) is 108 cm³/mol. The third kappa shape index (κ3) is 3.87. The summed E-state index contributed by atoms with van der Waals surface area (Å²) in [6.45, 7) is 1.53. The Kier molecular flexibility index (Phi) is 5.81. The van der Waals surface area contributed by atoms with Gasteiger partial charge in [0.1, 0.15) is 10.1 Å². The van der Waals surface area contributed by atoms with Crippen LogP contribution in [0.5, 0.6) is 11.5 Å². The van der Waals surface area contributed by atoms with Crippen LogP contribution in [0.3, 0.4) is 0 Å². The van der Waals surface area contributed by atoms with Crippen molar-refractivity contribution in [2.45, 2.75) is 42.3 Å². The number of hydrogen-bond donors (Lipinski definition) is 5. The number of carboxylic acid groups (broad SMARTS) is 1. The van der Waals surface area contributed by atoms with Gasteiger partial charge in [0, 0.05) is 30.9 Å². The molecule has 31 heavy (non-hydrogen) atoms. The molecular formula is C18H22N4O8S. The molecule has 1 aromatic rings. The molecule has 0 radical (unpaired) electrons. The standard InChI is InChI=1S/C18H22N4O8S/c1-18(16(17(27)28)22-14(26)8-15(22)31(18,29)30)9-20-21-13(25)3-2-6-19-10-4-5-11(23)12(24)7-10/h4-5,7,9,15-16,19,23-24H,2-3,6,8H2,1H3,(H,21,25)(H,27,28)/b20-9+/t15-,16+,18+/m1/s1. The van der Waals surface area contributed by atoms with E-state index in [-0.39, 0.29) is 24.3 Å². The summed E-state index contributed by atoms with van der Waals surface area (Å²) in [5.74, 6) is -3.07. The summed E-state index contributed by atoms with van der Waals surface area (Å²) in [6, 6.07) is 2.58. The van der Waals surface area contributed by atoms with Crippen LogP contribution >= 0.6 is 0 Å². The maximum absolute atomic E-state index is 12.7. The zero-order chi connectivity index (χ0) is 23.0. The number of fused-ring (bicyclic) bond motifs is 1. The van der Waals surface area contributed by atoms with Crippen molar-refractivity contribution in [2.75, 3.05) is 11.9 Å². The van der Waals surface area contributed by atoms with Crippen LogP contribution in [-0.2, 0) is 24.2 Å². The Balaban J connectivity index is 1.54. The average Bonchev–Trinajstić information content (AvgIpc) is 2.82. The van der Waals surface area contributed by atoms with E-state index in [1.54, 1.807) is 6.07 Å². The Morgan fingerprint density at radius 2 is 2.03 bits per heavy atom. The van der Waals surface area contributed by atoms with Gasteiger partial charge in [-0.1, -0.05) is 0 Å². The third-order valence-electron chi connectivity index (χ3n) is 5.37. The number of carbonyl (C=O) groups is 3. The Bertz CT molecular complexity index is 1060. The number of β-lactam (4-membered cyclic amide) rings is 1. The molecule has 3 atom stereocenters. The number of sulfone groups is 1. The molecule has 5 N–H and O–H groups in total. The summed E-state index contributed by atoms with van der Waals surface area (Å²) in [5, 5.41) is 33.5. The highest BCUT2D eigenvalue weighted by atomic mass is 32.2. The summed E-state index contributed by atoms with van der Waals surface area (Å²) in [5.41, 5.74) is 2.73. The number of nitrogens with zero attached hydrogens (tertiary/aromatic N) is 2. The number of nitrogens with one attached hydrogen (secondary N) is 2. The van der Waals surface area contributed by atoms with Gasteiger partial charge in [0.25, 0.3) is 0 Å². The van der Waals surface area contributed by atoms with E-state index in [0.29, 0.717) is 18.7 Å². The quantitative estimate of drug-likeness (QED) is 0.0869. The van der Waals surface area contributed by atoms with Gasteiger partial charge in [0.05, 0.1) is 6.42 Å². The minimum atomic E-state index is -4.04. The van der Waals surface area contributed by atoms with Crippen molar-refractivity contribution in [1.82, 2.24) is 10.3 Å². The first-order valence-electron chi connectivity index (χ1n) is 9.35. The third-order valence-corrected chi connectivity index (χ3v) is 8.03. The number of carbonyl (C=O) groups excluding carboxylic acids is 2. The lowest BCUT2D eigenvalue weighted by molar-refractivity contribution is -0.156. The highest BCUT2D eigenvalue weighted by molar-refractivity contribution is 7.94. The van der Waals surface area contributed by atoms with Gasteiger partial charge >= 0.3 is 5.97 Å². The van der Waals surface area contributed by atoms with E-state index in [4.69, 9.17) is 0 Å². The van der Waals surface area contributed by atoms with Crippen LogP contribution in [0.2, 0.25) is 0 Å². The summed E-state index contributed by atoms with van der Waals surface area (Å²) >= 11 is 0. The number of amides is 2. The smallest absolute Gasteiger partial charge is 0.328 e. The van der Waals surface area contributed by atoms with E-state index < -0.39 is 43.8 Å². The molecule has 3 rings (SSSR count). The first-order valence-corrected chi connectivity index (χ1v) is 10.9. The molecule has 0 aliphatic carbocycles. The van der Waals surface area contributed by atoms with E-state index in [0.717, 1.165) is 11.1 Å². The van der Waals surface area contributed by atoms with Crippen LogP contribution in [0, 0.1) is 0 Å². The van der Waals surface area contributed by atoms with Gasteiger partial charge in [-0.15, -0.1) is 0 Å². The molecule has 2 saturated heterocycles. The topological polar surface area (TPSA) is 186 Å². The fourth-order valence-corrected chi connectivity index (χ4v) is 5.82. The Labute approximate surface area is 177 Å². The van der Waals surface area contributed by atoms with Crippen molar-refractivity contribution in [3.05, 3.63) is 18.2 Å². The molecule has 2 aliphatic heterocycles. The molecule has 0 bridgehead atoms. The second-order valence-electron chi connectivity index (χ2n) is 7.46. The molecule has 0 unspecified atom stereocenters. The Morgan fingerprint density at radius 1 is 1.32 bits per heavy atom. The van der Waals surface area contributed by atoms with E-state index in [1.165, 1.54) is 19.1 Å². The van der Waals surface area contributed by atoms with Crippen LogP contribution in [0.1, 0.15) is 26.2 Å². The lowest BCUT2D eigenvalue weighted by Gasteiger charge is -2.35. The van der Waals surface area contributed by atoms with Crippen molar-refractivity contribution in [2.24, 2.45) is 5.10 Å². The zero-order valence-corrected chi connectivity index (χ0v) is 17.3. The van der Waals surface area contributed by atoms with Gasteiger partial charge in [-0.3, -0.25) is 9.59 Å². The lowest BCUT2D eigenvalue weighted by Crippen LogP contribution is -2.57. The van der Waals surface area contributed by atoms with Crippen molar-refractivity contribution in [1.29, 1.82) is 0 Å². The first kappa shape index (κ1) is 22.3. The molecule has 2 fully saturated rings. The molecule has 13 heteroatoms. The fourth-order valence-electron chi connectivity index (χ4n) is 3.61. The Morgan fingerprint density at radius 3 is 2.65 bits per heavy atom. The number of benzene rings is 1. The highest BCUT2D eigenvalue weighted by Gasteiger charge is 2.69. The normalized spacial score (nSPS) is 26.4. The number of phenolic OH excluding ortho intramolecular Hbond substituents is 2. The van der Waals surface area contributed by atoms with E-state index >= 15 is 0 Å². The van der Waals surface area contributed by atoms with Crippen molar-refractivity contribution < 1.29 is 38.1 Å². The fraction of sp³-hybridized carbons (Fsp3) is 0.444. The van der Waals surface area contributed by atoms with Crippen LogP contribution in [0.15, 0.2) is 23.3 Å². The van der Waals surface area contributed by atoms with E-state index in [1.807, 2.05) is 0 Å². The van der Waals surface area contributed by atoms with Crippen molar-refractivity contribution in [3.63, 3.8) is 0 Å². The molecule has 0 spiro atoms. The van der Waals surface area contributed by atoms with Crippen molar-refractivity contribution in [3.8, 4) is 11.5 Å². The van der Waals surface area contributed by atoms with Crippen LogP contribution in [0.25, 0.3) is 0 Å². The van der Waals surface area contributed by atoms with Gasteiger partial charge in [-0.25, -0.2) is 18.6 Å². The number of hydrogen-bond acceptors (Lipinski definition) is 9. The molecule has 2 heterocycles. The predicted octanol–water partition coefficient (Wildman–Crippen LogP) is -0.409. The maximum Gasteiger partial charge on any atom is 0.328 e. The van der Waals surface area contributed by atoms with E-state index in [2.05, 4.69) is 15.8 Å². The number of phenols is 2. The highest BCUT2D eigenvalue weighted by Crippen LogP contribution is 2.45. The Hall–Kier alpha value is -3.35. The molecule has 168 valence electrons. The number of aliphatic carboxylic acids is 1. The summed E-state index contributed by atoms with van der Waals surface area (Å²) in [6.07, 6.45) is 1.00. The van der Waals surface area contributed by atoms with Crippen LogP contribution < -0.4 is 10.7 Å². The molecule has 1 aromatic carbocycles. The van der Waals surface area contributed by atoms with Gasteiger partial charge in [0.2, 0.25) is 11.8 Å². The number of hydrazone groups is 1. The van der Waals surface area contributed by atoms with Gasteiger partial charge in [-0.05, 0) is 25.5 Å². The summed E-state index contributed by atoms with van der Waals surface area (Å²) in [4.78, 5) is 36.1. The van der Waals surface area contributed by atoms with Gasteiger partial charge in [0.15, 0.2) is 27.4 Å². The van der Waals surface area contributed by atoms with Crippen molar-refractivity contribution >= 4 is 39.5 Å². The number of carboxylic acids is 1. The first-order chi connectivity index (χ1) is 14.5. The molecule has 0 saturated carbocycles. The van der Waals surface area contributed by atoms with Crippen LogP contribution in [-0.4, -0.2) is 75.3 Å². The lowest BCUT2D eigenvalue weighted by atomic mass is 9.97. The molecule has 2 aliphatic rings. The largest absolute Gasteiger partial charge is 0.504 e. The van der Waals surface area contributed by atoms with Gasteiger partial charge in [-0.2, -0.15) is 5.10 Å².